The SMILES string of the molecule is C=CC[NH+](CC=C)NC=O. The molecule has 0 aromatic carbocycles. The van der Waals surface area contributed by atoms with Crippen LogP contribution in [0.1, 0.15) is 0 Å². The number of carbonyl (C=O) groups is 1. The highest BCUT2D eigenvalue weighted by Crippen LogP contribution is 1.52. The number of carbonyl (C=O) groups excluding carboxylic acids is 1. The Labute approximate surface area is 61.0 Å². The summed E-state index contributed by atoms with van der Waals surface area (Å²) in [5, 5.41) is 0.931. The molecule has 56 valence electrons. The molecular formula is C7H13N2O+. The van der Waals surface area contributed by atoms with Gasteiger partial charge in [-0.2, -0.15) is 0 Å². The fraction of sp³-hybridized carbons (Fsp3) is 0.286. The molecular weight excluding hydrogens is 128 g/mol. The van der Waals surface area contributed by atoms with E-state index >= 15 is 0 Å². The van der Waals surface area contributed by atoms with Gasteiger partial charge in [0.15, 0.2) is 0 Å². The minimum absolute atomic E-state index is 0.669. The third-order valence-electron chi connectivity index (χ3n) is 1.04. The van der Waals surface area contributed by atoms with Crippen LogP contribution in [0.5, 0.6) is 0 Å². The highest BCUT2D eigenvalue weighted by molar-refractivity contribution is 5.43. The summed E-state index contributed by atoms with van der Waals surface area (Å²) in [7, 11) is 0. The topological polar surface area (TPSA) is 33.5 Å². The summed E-state index contributed by atoms with van der Waals surface area (Å²) in [4.78, 5) is 9.96. The third kappa shape index (κ3) is 3.86. The molecule has 0 bridgehead atoms. The third-order valence-corrected chi connectivity index (χ3v) is 1.04. The number of amides is 1. The maximum absolute atomic E-state index is 9.96. The Balaban J connectivity index is 3.58. The normalized spacial score (nSPS) is 8.90. The van der Waals surface area contributed by atoms with E-state index in [9.17, 15) is 4.79 Å². The first kappa shape index (κ1) is 8.91. The standard InChI is InChI=1S/C7H12N2O/c1-3-5-9(6-4-2)8-7-10/h3-4,7H,1-2,5-6H2,(H,8,10)/p+1. The van der Waals surface area contributed by atoms with Gasteiger partial charge in [-0.05, 0) is 12.2 Å². The lowest BCUT2D eigenvalue weighted by molar-refractivity contribution is -0.923. The molecule has 0 aliphatic heterocycles. The second-order valence-corrected chi connectivity index (χ2v) is 1.85. The summed E-state index contributed by atoms with van der Waals surface area (Å²) in [5.74, 6) is 0. The van der Waals surface area contributed by atoms with Crippen molar-refractivity contribution in [1.82, 2.24) is 5.43 Å². The lowest BCUT2D eigenvalue weighted by Gasteiger charge is -2.11. The molecule has 0 aliphatic rings. The average Bonchev–Trinajstić information content (AvgIpc) is 1.90. The van der Waals surface area contributed by atoms with Crippen molar-refractivity contribution in [2.75, 3.05) is 13.1 Å². The maximum atomic E-state index is 9.96. The van der Waals surface area contributed by atoms with Crippen molar-refractivity contribution in [1.29, 1.82) is 0 Å². The average molecular weight is 141 g/mol. The Morgan fingerprint density at radius 3 is 2.10 bits per heavy atom. The zero-order chi connectivity index (χ0) is 7.82. The first-order valence-electron chi connectivity index (χ1n) is 3.11. The largest absolute Gasteiger partial charge is 0.274 e. The lowest BCUT2D eigenvalue weighted by Crippen LogP contribution is -3.18. The van der Waals surface area contributed by atoms with Gasteiger partial charge in [0.2, 0.25) is 0 Å². The second-order valence-electron chi connectivity index (χ2n) is 1.85. The molecule has 0 rings (SSSR count). The van der Waals surface area contributed by atoms with Crippen LogP contribution in [-0.4, -0.2) is 19.5 Å². The predicted octanol–water partition coefficient (Wildman–Crippen LogP) is -1.10. The fourth-order valence-corrected chi connectivity index (χ4v) is 0.633. The van der Waals surface area contributed by atoms with Crippen molar-refractivity contribution in [3.8, 4) is 0 Å². The summed E-state index contributed by atoms with van der Waals surface area (Å²) < 4.78 is 0. The number of hydrogen-bond donors (Lipinski definition) is 2. The van der Waals surface area contributed by atoms with Gasteiger partial charge in [0.25, 0.3) is 6.41 Å². The molecule has 0 aromatic rings. The minimum Gasteiger partial charge on any atom is -0.274 e. The van der Waals surface area contributed by atoms with Gasteiger partial charge in [0, 0.05) is 0 Å². The van der Waals surface area contributed by atoms with Gasteiger partial charge in [-0.3, -0.25) is 4.79 Å². The van der Waals surface area contributed by atoms with E-state index in [4.69, 9.17) is 0 Å². The van der Waals surface area contributed by atoms with Crippen LogP contribution < -0.4 is 10.4 Å². The Hall–Kier alpha value is -1.09. The predicted molar refractivity (Wildman–Crippen MR) is 40.3 cm³/mol. The van der Waals surface area contributed by atoms with Crippen LogP contribution in [0.15, 0.2) is 25.3 Å². The van der Waals surface area contributed by atoms with Crippen molar-refractivity contribution >= 4 is 6.41 Å². The van der Waals surface area contributed by atoms with E-state index in [2.05, 4.69) is 18.6 Å². The molecule has 3 nitrogen and oxygen atoms in total. The first-order valence-corrected chi connectivity index (χ1v) is 3.11. The van der Waals surface area contributed by atoms with Crippen LogP contribution in [0.3, 0.4) is 0 Å². The van der Waals surface area contributed by atoms with Crippen molar-refractivity contribution < 1.29 is 9.80 Å². The summed E-state index contributed by atoms with van der Waals surface area (Å²) in [5.41, 5.74) is 2.58. The number of nitrogens with one attached hydrogen (secondary N) is 2. The van der Waals surface area contributed by atoms with E-state index in [1.807, 2.05) is 0 Å². The van der Waals surface area contributed by atoms with Gasteiger partial charge in [0.1, 0.15) is 13.1 Å². The second kappa shape index (κ2) is 6.04. The molecule has 2 N–H and O–H groups in total. The summed E-state index contributed by atoms with van der Waals surface area (Å²) in [6.45, 7) is 8.53. The highest BCUT2D eigenvalue weighted by Gasteiger charge is 1.98. The van der Waals surface area contributed by atoms with Crippen molar-refractivity contribution in [3.63, 3.8) is 0 Å². The van der Waals surface area contributed by atoms with E-state index in [0.717, 1.165) is 5.01 Å². The monoisotopic (exact) mass is 141 g/mol. The zero-order valence-corrected chi connectivity index (χ0v) is 5.97. The summed E-state index contributed by atoms with van der Waals surface area (Å²) in [6, 6.07) is 0. The maximum Gasteiger partial charge on any atom is 0.252 e. The van der Waals surface area contributed by atoms with E-state index in [1.165, 1.54) is 0 Å². The molecule has 0 unspecified atom stereocenters. The van der Waals surface area contributed by atoms with Gasteiger partial charge in [-0.15, -0.1) is 0 Å². The number of quaternary nitrogens is 1. The first-order chi connectivity index (χ1) is 4.85. The molecule has 0 aromatic heterocycles. The lowest BCUT2D eigenvalue weighted by atomic mass is 10.5. The Morgan fingerprint density at radius 1 is 1.30 bits per heavy atom. The molecule has 0 radical (unpaired) electrons. The smallest absolute Gasteiger partial charge is 0.252 e. The molecule has 1 amide bonds. The highest BCUT2D eigenvalue weighted by atomic mass is 16.1. The van der Waals surface area contributed by atoms with Crippen LogP contribution >= 0.6 is 0 Å². The fourth-order valence-electron chi connectivity index (χ4n) is 0.633. The molecule has 10 heavy (non-hydrogen) atoms. The molecule has 0 fully saturated rings. The molecule has 0 saturated heterocycles. The van der Waals surface area contributed by atoms with Crippen molar-refractivity contribution in [2.45, 2.75) is 0 Å². The van der Waals surface area contributed by atoms with Crippen LogP contribution in [0.4, 0.5) is 0 Å². The summed E-state index contributed by atoms with van der Waals surface area (Å²) in [6.07, 6.45) is 4.16. The zero-order valence-electron chi connectivity index (χ0n) is 5.97. The molecule has 0 saturated carbocycles. The molecule has 0 spiro atoms. The van der Waals surface area contributed by atoms with E-state index in [0.29, 0.717) is 19.5 Å². The quantitative estimate of drug-likeness (QED) is 0.275. The molecule has 3 heteroatoms. The molecule has 0 atom stereocenters. The van der Waals surface area contributed by atoms with Crippen molar-refractivity contribution in [2.24, 2.45) is 0 Å². The van der Waals surface area contributed by atoms with Crippen LogP contribution in [0.2, 0.25) is 0 Å². The van der Waals surface area contributed by atoms with Gasteiger partial charge >= 0.3 is 0 Å². The van der Waals surface area contributed by atoms with Gasteiger partial charge < -0.3 is 0 Å². The minimum atomic E-state index is 0.669. The number of rotatable bonds is 6. The number of hydrogen-bond acceptors (Lipinski definition) is 1. The van der Waals surface area contributed by atoms with Crippen LogP contribution in [0.25, 0.3) is 0 Å². The Kier molecular flexibility index (Phi) is 5.38. The van der Waals surface area contributed by atoms with Crippen molar-refractivity contribution in [3.05, 3.63) is 25.3 Å². The van der Waals surface area contributed by atoms with E-state index in [1.54, 1.807) is 12.2 Å². The van der Waals surface area contributed by atoms with E-state index in [-0.39, 0.29) is 0 Å². The Morgan fingerprint density at radius 2 is 1.80 bits per heavy atom. The van der Waals surface area contributed by atoms with Crippen LogP contribution in [-0.2, 0) is 4.79 Å². The van der Waals surface area contributed by atoms with Gasteiger partial charge in [-0.25, -0.2) is 10.4 Å². The molecule has 0 heterocycles. The molecule has 0 aliphatic carbocycles. The van der Waals surface area contributed by atoms with Crippen LogP contribution in [0, 0.1) is 0 Å². The van der Waals surface area contributed by atoms with Gasteiger partial charge in [0.05, 0.1) is 0 Å². The van der Waals surface area contributed by atoms with Gasteiger partial charge in [-0.1, -0.05) is 13.2 Å². The van der Waals surface area contributed by atoms with E-state index < -0.39 is 0 Å². The Bertz CT molecular complexity index is 99.0. The summed E-state index contributed by atoms with van der Waals surface area (Å²) >= 11 is 0.